The van der Waals surface area contributed by atoms with Crippen LogP contribution in [0.15, 0.2) is 24.7 Å². The summed E-state index contributed by atoms with van der Waals surface area (Å²) in [5.41, 5.74) is 2.03. The highest BCUT2D eigenvalue weighted by atomic mass is 19.3. The minimum Gasteiger partial charge on any atom is -0.349 e. The van der Waals surface area contributed by atoms with Crippen molar-refractivity contribution in [2.24, 2.45) is 17.3 Å². The number of carbonyl (C=O) groups is 2. The quantitative estimate of drug-likeness (QED) is 0.302. The standard InChI is InChI=1S/C31H37F2N9O2/c1-3-4-25(43)37-26(19-5-6-19)21-11-24-36-22(14-42(24)35-12-21)27(20-7-9-31(32,33)10-8-20)38-28(44)23-13-41(40-39-23)18-29-15-30(16-29,17-29)34-2/h11-14,19-20,26-27H,3-10,15-18H2,1H3,(H,37,43)(H,38,44)/t26-,27+,29?,30?/m1/s1. The Labute approximate surface area is 254 Å². The maximum absolute atomic E-state index is 14.1. The minimum absolute atomic E-state index is 0.0126. The van der Waals surface area contributed by atoms with Crippen molar-refractivity contribution < 1.29 is 18.4 Å². The van der Waals surface area contributed by atoms with Crippen LogP contribution in [-0.2, 0) is 11.3 Å². The molecule has 0 radical (unpaired) electrons. The molecule has 5 aliphatic carbocycles. The van der Waals surface area contributed by atoms with Gasteiger partial charge in [-0.05, 0) is 55.6 Å². The number of hydrogen-bond donors (Lipinski definition) is 2. The average molecular weight is 606 g/mol. The third-order valence-corrected chi connectivity index (χ3v) is 10.1. The fraction of sp³-hybridized carbons (Fsp3) is 0.645. The van der Waals surface area contributed by atoms with E-state index in [0.717, 1.165) is 44.1 Å². The van der Waals surface area contributed by atoms with E-state index in [4.69, 9.17) is 11.6 Å². The Hall–Kier alpha value is -3.95. The minimum atomic E-state index is -2.71. The van der Waals surface area contributed by atoms with Gasteiger partial charge in [0.2, 0.25) is 17.4 Å². The maximum Gasteiger partial charge on any atom is 0.274 e. The summed E-state index contributed by atoms with van der Waals surface area (Å²) in [6, 6.07) is 1.16. The van der Waals surface area contributed by atoms with Gasteiger partial charge in [0, 0.05) is 50.5 Å². The lowest BCUT2D eigenvalue weighted by molar-refractivity contribution is -0.122. The Morgan fingerprint density at radius 3 is 2.50 bits per heavy atom. The second-order valence-corrected chi connectivity index (χ2v) is 13.7. The Balaban J connectivity index is 1.11. The van der Waals surface area contributed by atoms with Crippen LogP contribution >= 0.6 is 0 Å². The smallest absolute Gasteiger partial charge is 0.274 e. The topological polar surface area (TPSA) is 123 Å². The summed E-state index contributed by atoms with van der Waals surface area (Å²) in [7, 11) is 0. The first-order valence-corrected chi connectivity index (χ1v) is 15.7. The summed E-state index contributed by atoms with van der Waals surface area (Å²) in [5, 5.41) is 19.0. The molecular weight excluding hydrogens is 568 g/mol. The molecule has 8 rings (SSSR count). The van der Waals surface area contributed by atoms with Crippen LogP contribution in [0.4, 0.5) is 8.78 Å². The monoisotopic (exact) mass is 605 g/mol. The van der Waals surface area contributed by atoms with Crippen LogP contribution in [0.3, 0.4) is 0 Å². The van der Waals surface area contributed by atoms with Crippen molar-refractivity contribution in [2.75, 3.05) is 0 Å². The fourth-order valence-corrected chi connectivity index (χ4v) is 7.70. The third kappa shape index (κ3) is 5.43. The molecule has 3 aromatic heterocycles. The molecule has 11 nitrogen and oxygen atoms in total. The molecular formula is C31H37F2N9O2. The van der Waals surface area contributed by atoms with Crippen molar-refractivity contribution in [1.82, 2.24) is 40.2 Å². The number of halogens is 2. The van der Waals surface area contributed by atoms with Crippen molar-refractivity contribution in [3.8, 4) is 0 Å². The number of rotatable bonds is 11. The number of carbonyl (C=O) groups excluding carboxylic acids is 2. The van der Waals surface area contributed by atoms with Crippen molar-refractivity contribution in [3.05, 3.63) is 53.0 Å². The van der Waals surface area contributed by atoms with Gasteiger partial charge >= 0.3 is 0 Å². The maximum atomic E-state index is 14.1. The van der Waals surface area contributed by atoms with Crippen molar-refractivity contribution >= 4 is 17.5 Å². The van der Waals surface area contributed by atoms with Gasteiger partial charge in [-0.25, -0.2) is 24.9 Å². The molecule has 5 fully saturated rings. The molecule has 232 valence electrons. The van der Waals surface area contributed by atoms with Crippen LogP contribution in [-0.4, -0.2) is 52.9 Å². The molecule has 5 aliphatic rings. The molecule has 0 aliphatic heterocycles. The van der Waals surface area contributed by atoms with E-state index in [-0.39, 0.29) is 60.2 Å². The summed E-state index contributed by atoms with van der Waals surface area (Å²) in [5.74, 6) is -3.01. The van der Waals surface area contributed by atoms with Gasteiger partial charge in [-0.1, -0.05) is 12.1 Å². The number of aromatic nitrogens is 6. The number of hydrogen-bond acceptors (Lipinski definition) is 6. The zero-order valence-electron chi connectivity index (χ0n) is 24.8. The summed E-state index contributed by atoms with van der Waals surface area (Å²) >= 11 is 0. The van der Waals surface area contributed by atoms with Gasteiger partial charge in [0.05, 0.1) is 36.4 Å². The largest absolute Gasteiger partial charge is 0.349 e. The van der Waals surface area contributed by atoms with Crippen molar-refractivity contribution in [2.45, 2.75) is 108 Å². The van der Waals surface area contributed by atoms with E-state index in [1.807, 2.05) is 13.0 Å². The van der Waals surface area contributed by atoms with Gasteiger partial charge in [-0.3, -0.25) is 14.3 Å². The fourth-order valence-electron chi connectivity index (χ4n) is 7.70. The highest BCUT2D eigenvalue weighted by Crippen LogP contribution is 2.70. The van der Waals surface area contributed by atoms with E-state index >= 15 is 0 Å². The van der Waals surface area contributed by atoms with Gasteiger partial charge in [-0.15, -0.1) is 5.10 Å². The molecule has 0 spiro atoms. The molecule has 3 aromatic rings. The van der Waals surface area contributed by atoms with E-state index in [1.165, 1.54) is 0 Å². The van der Waals surface area contributed by atoms with Gasteiger partial charge in [-0.2, -0.15) is 5.10 Å². The van der Waals surface area contributed by atoms with Gasteiger partial charge in [0.1, 0.15) is 0 Å². The number of imidazole rings is 1. The second-order valence-electron chi connectivity index (χ2n) is 13.7. The molecule has 0 saturated heterocycles. The Morgan fingerprint density at radius 1 is 1.09 bits per heavy atom. The van der Waals surface area contributed by atoms with Crippen LogP contribution in [0.2, 0.25) is 0 Å². The normalized spacial score (nSPS) is 27.0. The number of alkyl halides is 2. The average Bonchev–Trinajstić information content (AvgIpc) is 3.53. The molecule has 3 heterocycles. The second kappa shape index (κ2) is 10.6. The summed E-state index contributed by atoms with van der Waals surface area (Å²) in [6.07, 6.45) is 11.0. The number of nitrogens with zero attached hydrogens (tertiary/aromatic N) is 7. The molecule has 2 amide bonds. The highest BCUT2D eigenvalue weighted by molar-refractivity contribution is 5.92. The first-order chi connectivity index (χ1) is 21.1. The van der Waals surface area contributed by atoms with E-state index in [1.54, 1.807) is 27.8 Å². The lowest BCUT2D eigenvalue weighted by Gasteiger charge is -2.61. The van der Waals surface area contributed by atoms with Crippen LogP contribution in [0.5, 0.6) is 0 Å². The van der Waals surface area contributed by atoms with E-state index in [0.29, 0.717) is 30.2 Å². The van der Waals surface area contributed by atoms with Crippen molar-refractivity contribution in [1.29, 1.82) is 0 Å². The molecule has 2 atom stereocenters. The molecule has 44 heavy (non-hydrogen) atoms. The van der Waals surface area contributed by atoms with E-state index < -0.39 is 17.9 Å². The number of amides is 2. The molecule has 13 heteroatoms. The predicted molar refractivity (Wildman–Crippen MR) is 154 cm³/mol. The Morgan fingerprint density at radius 2 is 1.82 bits per heavy atom. The van der Waals surface area contributed by atoms with E-state index in [2.05, 4.69) is 30.9 Å². The Kier molecular flexibility index (Phi) is 6.93. The first-order valence-electron chi connectivity index (χ1n) is 15.7. The van der Waals surface area contributed by atoms with E-state index in [9.17, 15) is 18.4 Å². The molecule has 5 saturated carbocycles. The molecule has 2 bridgehead atoms. The lowest BCUT2D eigenvalue weighted by atomic mass is 9.39. The summed E-state index contributed by atoms with van der Waals surface area (Å²) < 4.78 is 31.5. The van der Waals surface area contributed by atoms with Gasteiger partial charge < -0.3 is 15.5 Å². The lowest BCUT2D eigenvalue weighted by Crippen LogP contribution is -2.66. The summed E-state index contributed by atoms with van der Waals surface area (Å²) in [4.78, 5) is 34.4. The van der Waals surface area contributed by atoms with Gasteiger partial charge in [0.25, 0.3) is 5.91 Å². The first kappa shape index (κ1) is 28.8. The number of nitrogens with one attached hydrogen (secondary N) is 2. The van der Waals surface area contributed by atoms with Gasteiger partial charge in [0.15, 0.2) is 11.3 Å². The van der Waals surface area contributed by atoms with Crippen LogP contribution in [0.25, 0.3) is 10.5 Å². The zero-order chi connectivity index (χ0) is 30.7. The number of fused-ring (bicyclic) bond motifs is 1. The molecule has 0 aromatic carbocycles. The SMILES string of the molecule is [C-]#[N+]C12CC(Cn3cc(C(=O)N[C@H](c4cn5ncc([C@H](NC(=O)CCC)C6CC6)cc5n4)C4CCC(F)(F)CC4)nn3)(C1)C2. The zero-order valence-corrected chi connectivity index (χ0v) is 24.8. The predicted octanol–water partition coefficient (Wildman–Crippen LogP) is 4.83. The highest BCUT2D eigenvalue weighted by Gasteiger charge is 2.74. The summed E-state index contributed by atoms with van der Waals surface area (Å²) in [6.45, 7) is 9.95. The third-order valence-electron chi connectivity index (χ3n) is 10.1. The molecule has 0 unspecified atom stereocenters. The van der Waals surface area contributed by atoms with Crippen LogP contribution < -0.4 is 10.6 Å². The van der Waals surface area contributed by atoms with Crippen molar-refractivity contribution in [3.63, 3.8) is 0 Å². The van der Waals surface area contributed by atoms with Crippen LogP contribution in [0, 0.1) is 23.8 Å². The Bertz CT molecular complexity index is 1610. The van der Waals surface area contributed by atoms with Crippen LogP contribution in [0.1, 0.15) is 111 Å². The molecule has 2 N–H and O–H groups in total.